The van der Waals surface area contributed by atoms with E-state index in [2.05, 4.69) is 60.6 Å². The Morgan fingerprint density at radius 1 is 0.833 bits per heavy atom. The van der Waals surface area contributed by atoms with Gasteiger partial charge in [-0.3, -0.25) is 4.90 Å². The van der Waals surface area contributed by atoms with E-state index in [0.29, 0.717) is 11.5 Å². The molecule has 1 aliphatic carbocycles. The molecule has 0 bridgehead atoms. The quantitative estimate of drug-likeness (QED) is 0.318. The number of benzene rings is 1. The molecular formula is C31H54ClN3O. The lowest BCUT2D eigenvalue weighted by Crippen LogP contribution is -2.47. The highest BCUT2D eigenvalue weighted by molar-refractivity contribution is 5.85. The molecule has 0 N–H and O–H groups in total. The van der Waals surface area contributed by atoms with Crippen molar-refractivity contribution in [2.75, 3.05) is 62.2 Å². The topological polar surface area (TPSA) is 19.0 Å². The smallest absolute Gasteiger partial charge is 0.0608 e. The molecule has 1 aromatic carbocycles. The van der Waals surface area contributed by atoms with Crippen LogP contribution in [0.5, 0.6) is 0 Å². The molecule has 2 aliphatic heterocycles. The zero-order chi connectivity index (χ0) is 24.7. The van der Waals surface area contributed by atoms with Crippen molar-refractivity contribution in [1.29, 1.82) is 0 Å². The third-order valence-electron chi connectivity index (χ3n) is 9.75. The lowest BCUT2D eigenvalue weighted by Gasteiger charge is -2.42. The van der Waals surface area contributed by atoms with Gasteiger partial charge in [0.1, 0.15) is 0 Å². The number of nitrogens with zero attached hydrogens (tertiary/aromatic N) is 3. The fourth-order valence-corrected chi connectivity index (χ4v) is 6.96. The average Bonchev–Trinajstić information content (AvgIpc) is 2.92. The minimum atomic E-state index is 0. The van der Waals surface area contributed by atoms with Crippen LogP contribution in [-0.4, -0.2) is 63.4 Å². The molecule has 2 saturated heterocycles. The van der Waals surface area contributed by atoms with Crippen LogP contribution in [0, 0.1) is 5.41 Å². The first-order valence-electron chi connectivity index (χ1n) is 15.1. The summed E-state index contributed by atoms with van der Waals surface area (Å²) < 4.78 is 5.92. The summed E-state index contributed by atoms with van der Waals surface area (Å²) in [5, 5.41) is 0. The first-order chi connectivity index (χ1) is 17.1. The van der Waals surface area contributed by atoms with Gasteiger partial charge < -0.3 is 14.5 Å². The molecule has 0 amide bonds. The molecule has 0 unspecified atom stereocenters. The van der Waals surface area contributed by atoms with E-state index in [1.165, 1.54) is 89.8 Å². The van der Waals surface area contributed by atoms with Crippen molar-refractivity contribution >= 4 is 23.8 Å². The van der Waals surface area contributed by atoms with Gasteiger partial charge in [0.2, 0.25) is 0 Å². The fraction of sp³-hybridized carbons (Fsp3) is 0.806. The summed E-state index contributed by atoms with van der Waals surface area (Å²) >= 11 is 0. The summed E-state index contributed by atoms with van der Waals surface area (Å²) in [6.07, 6.45) is 13.6. The van der Waals surface area contributed by atoms with Crippen LogP contribution in [0.4, 0.5) is 11.4 Å². The third kappa shape index (κ3) is 7.11. The highest BCUT2D eigenvalue weighted by Gasteiger charge is 2.34. The highest BCUT2D eigenvalue weighted by atomic mass is 35.5. The average molecular weight is 520 g/mol. The maximum absolute atomic E-state index is 5.92. The number of ether oxygens (including phenoxy) is 1. The highest BCUT2D eigenvalue weighted by Crippen LogP contribution is 2.49. The van der Waals surface area contributed by atoms with E-state index in [9.17, 15) is 0 Å². The van der Waals surface area contributed by atoms with Crippen LogP contribution in [-0.2, 0) is 4.74 Å². The maximum Gasteiger partial charge on any atom is 0.0608 e. The summed E-state index contributed by atoms with van der Waals surface area (Å²) in [5.41, 5.74) is 5.24. The van der Waals surface area contributed by atoms with Crippen LogP contribution in [0.25, 0.3) is 0 Å². The monoisotopic (exact) mass is 519 g/mol. The molecule has 5 heteroatoms. The van der Waals surface area contributed by atoms with Crippen molar-refractivity contribution in [2.24, 2.45) is 5.41 Å². The molecule has 3 aliphatic rings. The first-order valence-corrected chi connectivity index (χ1v) is 15.1. The molecule has 0 radical (unpaired) electrons. The van der Waals surface area contributed by atoms with Crippen molar-refractivity contribution in [3.05, 3.63) is 23.8 Å². The SMILES string of the molecule is CCCCN1CCN(c2ccc(N3CCC(OCC)CC3)cc2C2CCC(CC)(CC)CC2)CC1.Cl. The Hall–Kier alpha value is -0.970. The van der Waals surface area contributed by atoms with Crippen LogP contribution in [0.1, 0.15) is 103 Å². The molecule has 1 aromatic rings. The van der Waals surface area contributed by atoms with Crippen LogP contribution >= 0.6 is 12.4 Å². The van der Waals surface area contributed by atoms with E-state index < -0.39 is 0 Å². The van der Waals surface area contributed by atoms with E-state index in [4.69, 9.17) is 4.74 Å². The minimum Gasteiger partial charge on any atom is -0.378 e. The standard InChI is InChI=1S/C31H53N3O.ClH/c1-5-9-18-32-21-23-34(24-22-32)30-11-10-27(33-19-14-28(15-20-33)35-8-4)25-29(30)26-12-16-31(6-2,7-3)17-13-26;/h10-11,25-26,28H,5-9,12-24H2,1-4H3;1H. The zero-order valence-corrected chi connectivity index (χ0v) is 24.6. The van der Waals surface area contributed by atoms with Crippen molar-refractivity contribution in [3.8, 4) is 0 Å². The number of anilines is 2. The summed E-state index contributed by atoms with van der Waals surface area (Å²) in [7, 11) is 0. The first kappa shape index (κ1) is 29.6. The Morgan fingerprint density at radius 3 is 2.08 bits per heavy atom. The fourth-order valence-electron chi connectivity index (χ4n) is 6.96. The van der Waals surface area contributed by atoms with E-state index in [1.54, 1.807) is 11.3 Å². The van der Waals surface area contributed by atoms with Crippen LogP contribution < -0.4 is 9.80 Å². The van der Waals surface area contributed by atoms with Gasteiger partial charge in [0, 0.05) is 57.3 Å². The molecule has 206 valence electrons. The molecule has 4 rings (SSSR count). The minimum absolute atomic E-state index is 0. The number of hydrogen-bond acceptors (Lipinski definition) is 4. The molecule has 0 aromatic heterocycles. The molecule has 0 spiro atoms. The van der Waals surface area contributed by atoms with E-state index >= 15 is 0 Å². The zero-order valence-electron chi connectivity index (χ0n) is 23.8. The lowest BCUT2D eigenvalue weighted by atomic mass is 9.66. The van der Waals surface area contributed by atoms with Crippen LogP contribution in [0.15, 0.2) is 18.2 Å². The maximum atomic E-state index is 5.92. The third-order valence-corrected chi connectivity index (χ3v) is 9.75. The second kappa shape index (κ2) is 14.3. The lowest BCUT2D eigenvalue weighted by molar-refractivity contribution is 0.0459. The molecule has 3 fully saturated rings. The summed E-state index contributed by atoms with van der Waals surface area (Å²) in [4.78, 5) is 8.01. The van der Waals surface area contributed by atoms with Gasteiger partial charge in [-0.15, -0.1) is 12.4 Å². The van der Waals surface area contributed by atoms with Crippen molar-refractivity contribution in [2.45, 2.75) is 104 Å². The summed E-state index contributed by atoms with van der Waals surface area (Å²) in [6, 6.07) is 7.52. The Kier molecular flexibility index (Phi) is 11.7. The van der Waals surface area contributed by atoms with E-state index in [-0.39, 0.29) is 12.4 Å². The molecule has 2 heterocycles. The van der Waals surface area contributed by atoms with Crippen molar-refractivity contribution in [1.82, 2.24) is 4.90 Å². The number of piperazine rings is 1. The molecule has 1 saturated carbocycles. The van der Waals surface area contributed by atoms with Crippen molar-refractivity contribution < 1.29 is 4.74 Å². The Morgan fingerprint density at radius 2 is 1.50 bits per heavy atom. The van der Waals surface area contributed by atoms with Gasteiger partial charge in [-0.1, -0.05) is 40.0 Å². The molecule has 4 nitrogen and oxygen atoms in total. The Labute approximate surface area is 228 Å². The molecule has 36 heavy (non-hydrogen) atoms. The number of unbranched alkanes of at least 4 members (excludes halogenated alkanes) is 1. The van der Waals surface area contributed by atoms with Crippen molar-refractivity contribution in [3.63, 3.8) is 0 Å². The molecular weight excluding hydrogens is 466 g/mol. The predicted molar refractivity (Wildman–Crippen MR) is 158 cm³/mol. The predicted octanol–water partition coefficient (Wildman–Crippen LogP) is 7.50. The van der Waals surface area contributed by atoms with Gasteiger partial charge in [0.25, 0.3) is 0 Å². The second-order valence-electron chi connectivity index (χ2n) is 11.5. The van der Waals surface area contributed by atoms with Gasteiger partial charge in [0.05, 0.1) is 6.10 Å². The Bertz CT molecular complexity index is 757. The Balaban J connectivity index is 0.00000361. The summed E-state index contributed by atoms with van der Waals surface area (Å²) in [5.74, 6) is 0.718. The number of hydrogen-bond donors (Lipinski definition) is 0. The summed E-state index contributed by atoms with van der Waals surface area (Å²) in [6.45, 7) is 18.4. The largest absolute Gasteiger partial charge is 0.378 e. The van der Waals surface area contributed by atoms with Gasteiger partial charge in [0.15, 0.2) is 0 Å². The number of piperidine rings is 1. The van der Waals surface area contributed by atoms with Gasteiger partial charge in [-0.2, -0.15) is 0 Å². The van der Waals surface area contributed by atoms with Crippen LogP contribution in [0.3, 0.4) is 0 Å². The second-order valence-corrected chi connectivity index (χ2v) is 11.5. The van der Waals surface area contributed by atoms with E-state index in [0.717, 1.165) is 38.5 Å². The van der Waals surface area contributed by atoms with Crippen LogP contribution in [0.2, 0.25) is 0 Å². The molecule has 0 atom stereocenters. The van der Waals surface area contributed by atoms with Gasteiger partial charge >= 0.3 is 0 Å². The number of rotatable bonds is 10. The van der Waals surface area contributed by atoms with E-state index in [1.807, 2.05) is 0 Å². The van der Waals surface area contributed by atoms with Gasteiger partial charge in [-0.05, 0) is 93.5 Å². The number of halogens is 1. The normalized spacial score (nSPS) is 22.0. The van der Waals surface area contributed by atoms with Gasteiger partial charge in [-0.25, -0.2) is 0 Å².